The quantitative estimate of drug-likeness (QED) is 0.763. The number of anilines is 1. The molecule has 2 aromatic carbocycles. The minimum atomic E-state index is -0.682. The summed E-state index contributed by atoms with van der Waals surface area (Å²) in [6.45, 7) is 0. The molecule has 0 saturated carbocycles. The van der Waals surface area contributed by atoms with E-state index in [2.05, 4.69) is 10.3 Å². The van der Waals surface area contributed by atoms with Crippen molar-refractivity contribution in [2.45, 2.75) is 0 Å². The number of hydrogen-bond acceptors (Lipinski definition) is 3. The van der Waals surface area contributed by atoms with E-state index in [9.17, 15) is 13.6 Å². The van der Waals surface area contributed by atoms with Crippen LogP contribution in [0.2, 0.25) is 0 Å². The molecule has 0 saturated heterocycles. The summed E-state index contributed by atoms with van der Waals surface area (Å²) in [5, 5.41) is 2.47. The lowest BCUT2D eigenvalue weighted by Gasteiger charge is -2.07. The van der Waals surface area contributed by atoms with Crippen LogP contribution in [0.3, 0.4) is 0 Å². The second kappa shape index (κ2) is 6.87. The van der Waals surface area contributed by atoms with Crippen molar-refractivity contribution in [3.8, 4) is 16.9 Å². The van der Waals surface area contributed by atoms with Crippen LogP contribution in [0.4, 0.5) is 19.4 Å². The molecule has 1 amide bonds. The average molecular weight is 326 g/mol. The van der Waals surface area contributed by atoms with E-state index in [1.165, 1.54) is 24.4 Å². The SMILES string of the molecule is O=C(Nc1ccc(-c2cc(F)cc(F)c2)cn1)Oc1ccccc1. The zero-order valence-corrected chi connectivity index (χ0v) is 12.4. The van der Waals surface area contributed by atoms with Crippen LogP contribution in [0, 0.1) is 11.6 Å². The van der Waals surface area contributed by atoms with Crippen molar-refractivity contribution in [2.75, 3.05) is 5.32 Å². The summed E-state index contributed by atoms with van der Waals surface area (Å²) in [5.74, 6) is -0.671. The molecule has 0 unspecified atom stereocenters. The molecule has 120 valence electrons. The van der Waals surface area contributed by atoms with Crippen molar-refractivity contribution in [3.05, 3.63) is 78.5 Å². The van der Waals surface area contributed by atoms with Crippen LogP contribution in [0.1, 0.15) is 0 Å². The van der Waals surface area contributed by atoms with Gasteiger partial charge < -0.3 is 4.74 Å². The lowest BCUT2D eigenvalue weighted by Crippen LogP contribution is -2.17. The Morgan fingerprint density at radius 2 is 1.62 bits per heavy atom. The highest BCUT2D eigenvalue weighted by Gasteiger charge is 2.07. The van der Waals surface area contributed by atoms with Gasteiger partial charge in [0.2, 0.25) is 0 Å². The standard InChI is InChI=1S/C18H12F2N2O2/c19-14-8-13(9-15(20)10-14)12-6-7-17(21-11-12)22-18(23)24-16-4-2-1-3-5-16/h1-11H,(H,21,22,23). The van der Waals surface area contributed by atoms with Gasteiger partial charge in [0.15, 0.2) is 0 Å². The molecule has 1 aromatic heterocycles. The molecule has 0 aliphatic rings. The van der Waals surface area contributed by atoms with Gasteiger partial charge in [-0.3, -0.25) is 5.32 Å². The van der Waals surface area contributed by atoms with Gasteiger partial charge in [-0.25, -0.2) is 18.6 Å². The molecule has 3 rings (SSSR count). The number of carbonyl (C=O) groups excluding carboxylic acids is 1. The van der Waals surface area contributed by atoms with Crippen LogP contribution >= 0.6 is 0 Å². The number of benzene rings is 2. The predicted octanol–water partition coefficient (Wildman–Crippen LogP) is 4.64. The maximum atomic E-state index is 13.2. The van der Waals surface area contributed by atoms with Crippen LogP contribution in [0.15, 0.2) is 66.9 Å². The van der Waals surface area contributed by atoms with E-state index in [-0.39, 0.29) is 5.82 Å². The fraction of sp³-hybridized carbons (Fsp3) is 0. The maximum Gasteiger partial charge on any atom is 0.418 e. The molecular weight excluding hydrogens is 314 g/mol. The van der Waals surface area contributed by atoms with Gasteiger partial charge in [-0.1, -0.05) is 18.2 Å². The summed E-state index contributed by atoms with van der Waals surface area (Å²) < 4.78 is 31.6. The van der Waals surface area contributed by atoms with Crippen LogP contribution in [0.25, 0.3) is 11.1 Å². The van der Waals surface area contributed by atoms with Gasteiger partial charge >= 0.3 is 6.09 Å². The molecule has 0 atom stereocenters. The summed E-state index contributed by atoms with van der Waals surface area (Å²) in [6.07, 6.45) is 0.727. The third kappa shape index (κ3) is 3.92. The van der Waals surface area contributed by atoms with Crippen molar-refractivity contribution < 1.29 is 18.3 Å². The molecular formula is C18H12F2N2O2. The molecule has 0 bridgehead atoms. The first kappa shape index (κ1) is 15.6. The molecule has 1 N–H and O–H groups in total. The Morgan fingerprint density at radius 1 is 0.917 bits per heavy atom. The van der Waals surface area contributed by atoms with Crippen molar-refractivity contribution in [1.29, 1.82) is 0 Å². The maximum absolute atomic E-state index is 13.2. The van der Waals surface area contributed by atoms with E-state index in [1.807, 2.05) is 0 Å². The molecule has 24 heavy (non-hydrogen) atoms. The van der Waals surface area contributed by atoms with Gasteiger partial charge in [-0.15, -0.1) is 0 Å². The van der Waals surface area contributed by atoms with E-state index < -0.39 is 17.7 Å². The number of halogens is 2. The van der Waals surface area contributed by atoms with Gasteiger partial charge in [0.1, 0.15) is 23.2 Å². The van der Waals surface area contributed by atoms with Crippen molar-refractivity contribution in [3.63, 3.8) is 0 Å². The Hall–Kier alpha value is -3.28. The third-order valence-electron chi connectivity index (χ3n) is 3.14. The van der Waals surface area contributed by atoms with E-state index in [0.717, 1.165) is 6.07 Å². The Morgan fingerprint density at radius 3 is 2.25 bits per heavy atom. The smallest absolute Gasteiger partial charge is 0.410 e. The normalized spacial score (nSPS) is 10.2. The highest BCUT2D eigenvalue weighted by Crippen LogP contribution is 2.22. The third-order valence-corrected chi connectivity index (χ3v) is 3.14. The number of nitrogens with zero attached hydrogens (tertiary/aromatic N) is 1. The fourth-order valence-electron chi connectivity index (χ4n) is 2.08. The summed E-state index contributed by atoms with van der Waals surface area (Å²) in [5.41, 5.74) is 0.883. The number of nitrogens with one attached hydrogen (secondary N) is 1. The summed E-state index contributed by atoms with van der Waals surface area (Å²) in [6, 6.07) is 14.9. The monoisotopic (exact) mass is 326 g/mol. The van der Waals surface area contributed by atoms with Gasteiger partial charge in [-0.05, 0) is 42.0 Å². The molecule has 0 aliphatic carbocycles. The van der Waals surface area contributed by atoms with E-state index in [4.69, 9.17) is 4.74 Å². The number of amides is 1. The van der Waals surface area contributed by atoms with E-state index >= 15 is 0 Å². The first-order chi connectivity index (χ1) is 11.6. The Kier molecular flexibility index (Phi) is 4.47. The largest absolute Gasteiger partial charge is 0.418 e. The average Bonchev–Trinajstić information content (AvgIpc) is 2.55. The van der Waals surface area contributed by atoms with Crippen LogP contribution in [-0.2, 0) is 0 Å². The molecule has 0 radical (unpaired) electrons. The van der Waals surface area contributed by atoms with Gasteiger partial charge in [0.05, 0.1) is 0 Å². The zero-order chi connectivity index (χ0) is 16.9. The second-order valence-electron chi connectivity index (χ2n) is 4.92. The van der Waals surface area contributed by atoms with Crippen molar-refractivity contribution >= 4 is 11.9 Å². The summed E-state index contributed by atoms with van der Waals surface area (Å²) in [4.78, 5) is 15.8. The minimum absolute atomic E-state index is 0.261. The van der Waals surface area contributed by atoms with Crippen molar-refractivity contribution in [1.82, 2.24) is 4.98 Å². The second-order valence-corrected chi connectivity index (χ2v) is 4.92. The molecule has 3 aromatic rings. The minimum Gasteiger partial charge on any atom is -0.410 e. The molecule has 1 heterocycles. The number of ether oxygens (including phenoxy) is 1. The molecule has 6 heteroatoms. The number of para-hydroxylation sites is 1. The Balaban J connectivity index is 1.69. The molecule has 4 nitrogen and oxygen atoms in total. The highest BCUT2D eigenvalue weighted by atomic mass is 19.1. The highest BCUT2D eigenvalue weighted by molar-refractivity contribution is 5.85. The molecule has 0 aliphatic heterocycles. The summed E-state index contributed by atoms with van der Waals surface area (Å²) >= 11 is 0. The van der Waals surface area contributed by atoms with E-state index in [0.29, 0.717) is 16.9 Å². The van der Waals surface area contributed by atoms with Crippen LogP contribution < -0.4 is 10.1 Å². The number of pyridine rings is 1. The Labute approximate surface area is 136 Å². The topological polar surface area (TPSA) is 51.2 Å². The van der Waals surface area contributed by atoms with Crippen LogP contribution in [0.5, 0.6) is 5.75 Å². The zero-order valence-electron chi connectivity index (χ0n) is 12.4. The van der Waals surface area contributed by atoms with Gasteiger partial charge in [0.25, 0.3) is 0 Å². The number of hydrogen-bond donors (Lipinski definition) is 1. The number of aromatic nitrogens is 1. The van der Waals surface area contributed by atoms with E-state index in [1.54, 1.807) is 36.4 Å². The Bertz CT molecular complexity index is 832. The predicted molar refractivity (Wildman–Crippen MR) is 85.7 cm³/mol. The molecule has 0 spiro atoms. The van der Waals surface area contributed by atoms with Gasteiger partial charge in [0, 0.05) is 17.8 Å². The first-order valence-electron chi connectivity index (χ1n) is 7.06. The number of carbonyl (C=O) groups is 1. The lowest BCUT2D eigenvalue weighted by atomic mass is 10.1. The van der Waals surface area contributed by atoms with Gasteiger partial charge in [-0.2, -0.15) is 0 Å². The number of rotatable bonds is 3. The van der Waals surface area contributed by atoms with Crippen molar-refractivity contribution in [2.24, 2.45) is 0 Å². The first-order valence-corrected chi connectivity index (χ1v) is 7.06. The lowest BCUT2D eigenvalue weighted by molar-refractivity contribution is 0.215. The fourth-order valence-corrected chi connectivity index (χ4v) is 2.08. The van der Waals surface area contributed by atoms with Crippen LogP contribution in [-0.4, -0.2) is 11.1 Å². The molecule has 0 fully saturated rings. The summed E-state index contributed by atoms with van der Waals surface area (Å²) in [7, 11) is 0.